The Kier molecular flexibility index (Phi) is 6.29. The third kappa shape index (κ3) is 6.25. The SMILES string of the molecule is COc1cccc(CN(C)C(C)CNCC(F)(F)F)c1. The van der Waals surface area contributed by atoms with Crippen LogP contribution in [0.2, 0.25) is 0 Å². The molecular weight excluding hydrogens is 269 g/mol. The van der Waals surface area contributed by atoms with E-state index in [2.05, 4.69) is 5.32 Å². The monoisotopic (exact) mass is 290 g/mol. The zero-order chi connectivity index (χ0) is 15.2. The summed E-state index contributed by atoms with van der Waals surface area (Å²) in [6.07, 6.45) is -4.16. The molecule has 0 aromatic heterocycles. The van der Waals surface area contributed by atoms with E-state index in [1.54, 1.807) is 7.11 Å². The normalized spacial score (nSPS) is 13.6. The molecule has 0 aliphatic carbocycles. The molecule has 0 radical (unpaired) electrons. The summed E-state index contributed by atoms with van der Waals surface area (Å²) >= 11 is 0. The van der Waals surface area contributed by atoms with Gasteiger partial charge in [-0.05, 0) is 31.7 Å². The van der Waals surface area contributed by atoms with Crippen molar-refractivity contribution in [2.45, 2.75) is 25.7 Å². The van der Waals surface area contributed by atoms with Crippen molar-refractivity contribution in [3.8, 4) is 5.75 Å². The van der Waals surface area contributed by atoms with Crippen molar-refractivity contribution in [2.75, 3.05) is 27.2 Å². The Morgan fingerprint density at radius 3 is 2.65 bits per heavy atom. The largest absolute Gasteiger partial charge is 0.497 e. The first kappa shape index (κ1) is 16.8. The van der Waals surface area contributed by atoms with Gasteiger partial charge in [-0.15, -0.1) is 0 Å². The summed E-state index contributed by atoms with van der Waals surface area (Å²) in [5, 5.41) is 2.42. The summed E-state index contributed by atoms with van der Waals surface area (Å²) in [5.41, 5.74) is 1.06. The first-order valence-corrected chi connectivity index (χ1v) is 6.42. The minimum Gasteiger partial charge on any atom is -0.497 e. The molecule has 6 heteroatoms. The molecule has 0 spiro atoms. The van der Waals surface area contributed by atoms with E-state index in [-0.39, 0.29) is 6.04 Å². The number of benzene rings is 1. The summed E-state index contributed by atoms with van der Waals surface area (Å²) in [4.78, 5) is 2.00. The zero-order valence-corrected chi connectivity index (χ0v) is 12.0. The van der Waals surface area contributed by atoms with Crippen molar-refractivity contribution in [1.29, 1.82) is 0 Å². The van der Waals surface area contributed by atoms with E-state index in [0.29, 0.717) is 13.1 Å². The highest BCUT2D eigenvalue weighted by Crippen LogP contribution is 2.15. The van der Waals surface area contributed by atoms with E-state index >= 15 is 0 Å². The van der Waals surface area contributed by atoms with Gasteiger partial charge in [0.15, 0.2) is 0 Å². The van der Waals surface area contributed by atoms with Crippen LogP contribution in [-0.2, 0) is 6.54 Å². The van der Waals surface area contributed by atoms with Crippen molar-refractivity contribution >= 4 is 0 Å². The molecule has 114 valence electrons. The van der Waals surface area contributed by atoms with Gasteiger partial charge >= 0.3 is 6.18 Å². The lowest BCUT2D eigenvalue weighted by Gasteiger charge is -2.25. The number of rotatable bonds is 7. The predicted octanol–water partition coefficient (Wildman–Crippen LogP) is 2.67. The maximum absolute atomic E-state index is 12.0. The fourth-order valence-electron chi connectivity index (χ4n) is 1.79. The quantitative estimate of drug-likeness (QED) is 0.835. The Balaban J connectivity index is 2.42. The molecule has 0 amide bonds. The maximum atomic E-state index is 12.0. The highest BCUT2D eigenvalue weighted by atomic mass is 19.4. The molecule has 1 N–H and O–H groups in total. The molecule has 0 aliphatic heterocycles. The minimum atomic E-state index is -4.16. The number of nitrogens with one attached hydrogen (secondary N) is 1. The maximum Gasteiger partial charge on any atom is 0.401 e. The third-order valence-electron chi connectivity index (χ3n) is 3.08. The van der Waals surface area contributed by atoms with Crippen molar-refractivity contribution in [3.05, 3.63) is 29.8 Å². The molecule has 0 bridgehead atoms. The van der Waals surface area contributed by atoms with E-state index in [1.807, 2.05) is 43.1 Å². The van der Waals surface area contributed by atoms with Crippen LogP contribution in [0.5, 0.6) is 5.75 Å². The van der Waals surface area contributed by atoms with Gasteiger partial charge in [-0.2, -0.15) is 13.2 Å². The second kappa shape index (κ2) is 7.50. The smallest absolute Gasteiger partial charge is 0.401 e. The number of alkyl halides is 3. The summed E-state index contributed by atoms with van der Waals surface area (Å²) in [5.74, 6) is 0.777. The fourth-order valence-corrected chi connectivity index (χ4v) is 1.79. The second-order valence-electron chi connectivity index (χ2n) is 4.86. The molecule has 0 heterocycles. The number of methoxy groups -OCH3 is 1. The van der Waals surface area contributed by atoms with Gasteiger partial charge in [0, 0.05) is 19.1 Å². The Morgan fingerprint density at radius 1 is 1.35 bits per heavy atom. The molecule has 3 nitrogen and oxygen atoms in total. The van der Waals surface area contributed by atoms with Crippen LogP contribution < -0.4 is 10.1 Å². The number of halogens is 3. The van der Waals surface area contributed by atoms with Crippen LogP contribution in [0.25, 0.3) is 0 Å². The summed E-state index contributed by atoms with van der Waals surface area (Å²) in [7, 11) is 3.49. The van der Waals surface area contributed by atoms with E-state index in [4.69, 9.17) is 4.74 Å². The van der Waals surface area contributed by atoms with Gasteiger partial charge in [-0.3, -0.25) is 4.90 Å². The van der Waals surface area contributed by atoms with Crippen LogP contribution in [0.4, 0.5) is 13.2 Å². The summed E-state index contributed by atoms with van der Waals surface area (Å²) in [6.45, 7) is 1.89. The van der Waals surface area contributed by atoms with Crippen molar-refractivity contribution in [2.24, 2.45) is 0 Å². The number of ether oxygens (including phenoxy) is 1. The highest BCUT2D eigenvalue weighted by molar-refractivity contribution is 5.28. The minimum absolute atomic E-state index is 0.00329. The first-order valence-electron chi connectivity index (χ1n) is 6.42. The van der Waals surface area contributed by atoms with Crippen LogP contribution in [0, 0.1) is 0 Å². The summed E-state index contributed by atoms with van der Waals surface area (Å²) < 4.78 is 41.3. The molecule has 1 atom stereocenters. The van der Waals surface area contributed by atoms with E-state index in [1.165, 1.54) is 0 Å². The average Bonchev–Trinajstić information content (AvgIpc) is 2.37. The first-order chi connectivity index (χ1) is 9.31. The Hall–Kier alpha value is -1.27. The third-order valence-corrected chi connectivity index (χ3v) is 3.08. The molecule has 0 fully saturated rings. The lowest BCUT2D eigenvalue weighted by molar-refractivity contribution is -0.125. The molecule has 0 saturated heterocycles. The van der Waals surface area contributed by atoms with Crippen LogP contribution >= 0.6 is 0 Å². The van der Waals surface area contributed by atoms with Gasteiger partial charge in [0.2, 0.25) is 0 Å². The van der Waals surface area contributed by atoms with E-state index in [0.717, 1.165) is 11.3 Å². The lowest BCUT2D eigenvalue weighted by atomic mass is 10.2. The van der Waals surface area contributed by atoms with Gasteiger partial charge < -0.3 is 10.1 Å². The van der Waals surface area contributed by atoms with E-state index < -0.39 is 12.7 Å². The molecule has 20 heavy (non-hydrogen) atoms. The van der Waals surface area contributed by atoms with Gasteiger partial charge in [-0.1, -0.05) is 12.1 Å². The Bertz CT molecular complexity index is 410. The lowest BCUT2D eigenvalue weighted by Crippen LogP contribution is -2.40. The zero-order valence-electron chi connectivity index (χ0n) is 12.0. The van der Waals surface area contributed by atoms with Crippen LogP contribution in [0.3, 0.4) is 0 Å². The van der Waals surface area contributed by atoms with Crippen LogP contribution in [0.15, 0.2) is 24.3 Å². The molecule has 1 unspecified atom stereocenters. The van der Waals surface area contributed by atoms with Gasteiger partial charge in [0.25, 0.3) is 0 Å². The van der Waals surface area contributed by atoms with Crippen molar-refractivity contribution < 1.29 is 17.9 Å². The number of likely N-dealkylation sites (N-methyl/N-ethyl adjacent to an activating group) is 1. The van der Waals surface area contributed by atoms with Crippen molar-refractivity contribution in [1.82, 2.24) is 10.2 Å². The number of nitrogens with zero attached hydrogens (tertiary/aromatic N) is 1. The summed E-state index contributed by atoms with van der Waals surface area (Å²) in [6, 6.07) is 7.65. The van der Waals surface area contributed by atoms with Crippen LogP contribution in [0.1, 0.15) is 12.5 Å². The van der Waals surface area contributed by atoms with E-state index in [9.17, 15) is 13.2 Å². The molecule has 1 rings (SSSR count). The van der Waals surface area contributed by atoms with Gasteiger partial charge in [0.05, 0.1) is 13.7 Å². The number of hydrogen-bond acceptors (Lipinski definition) is 3. The second-order valence-corrected chi connectivity index (χ2v) is 4.86. The predicted molar refractivity (Wildman–Crippen MR) is 72.8 cm³/mol. The molecule has 0 aliphatic rings. The Morgan fingerprint density at radius 2 is 2.05 bits per heavy atom. The van der Waals surface area contributed by atoms with Gasteiger partial charge in [-0.25, -0.2) is 0 Å². The van der Waals surface area contributed by atoms with Gasteiger partial charge in [0.1, 0.15) is 5.75 Å². The Labute approximate surface area is 117 Å². The molecule has 1 aromatic carbocycles. The molecule has 1 aromatic rings. The fraction of sp³-hybridized carbons (Fsp3) is 0.571. The molecule has 0 saturated carbocycles. The highest BCUT2D eigenvalue weighted by Gasteiger charge is 2.26. The van der Waals surface area contributed by atoms with Crippen LogP contribution in [-0.4, -0.2) is 44.4 Å². The topological polar surface area (TPSA) is 24.5 Å². The van der Waals surface area contributed by atoms with Crippen molar-refractivity contribution in [3.63, 3.8) is 0 Å². The molecular formula is C14H21F3N2O. The standard InChI is InChI=1S/C14H21F3N2O/c1-11(8-18-10-14(15,16)17)19(2)9-12-5-4-6-13(7-12)20-3/h4-7,11,18H,8-10H2,1-3H3. The average molecular weight is 290 g/mol. The number of hydrogen-bond donors (Lipinski definition) is 1.